The summed E-state index contributed by atoms with van der Waals surface area (Å²) in [5.41, 5.74) is 1.56. The van der Waals surface area contributed by atoms with E-state index in [2.05, 4.69) is 15.7 Å². The van der Waals surface area contributed by atoms with Gasteiger partial charge in [0.25, 0.3) is 11.8 Å². The van der Waals surface area contributed by atoms with E-state index in [0.717, 1.165) is 0 Å². The minimum absolute atomic E-state index is 0.0136. The van der Waals surface area contributed by atoms with Crippen LogP contribution < -0.4 is 10.6 Å². The van der Waals surface area contributed by atoms with E-state index in [4.69, 9.17) is 23.2 Å². The van der Waals surface area contributed by atoms with Crippen molar-refractivity contribution in [1.29, 1.82) is 0 Å². The number of carbonyl (C=O) groups is 3. The molecule has 0 atom stereocenters. The van der Waals surface area contributed by atoms with E-state index < -0.39 is 17.8 Å². The number of para-hydroxylation sites is 1. The van der Waals surface area contributed by atoms with Crippen molar-refractivity contribution in [1.82, 2.24) is 10.3 Å². The molecule has 2 aliphatic heterocycles. The molecular weight excluding hydrogens is 391 g/mol. The van der Waals surface area contributed by atoms with Crippen molar-refractivity contribution in [3.05, 3.63) is 69.3 Å². The highest BCUT2D eigenvalue weighted by atomic mass is 35.5. The number of fused-ring (bicyclic) bond motifs is 1. The number of imide groups is 1. The van der Waals surface area contributed by atoms with E-state index in [9.17, 15) is 14.4 Å². The zero-order valence-electron chi connectivity index (χ0n) is 13.5. The number of amides is 4. The predicted molar refractivity (Wildman–Crippen MR) is 101 cm³/mol. The van der Waals surface area contributed by atoms with Crippen LogP contribution in [0.2, 0.25) is 10.0 Å². The first kappa shape index (κ1) is 17.3. The quantitative estimate of drug-likeness (QED) is 0.598. The van der Waals surface area contributed by atoms with Crippen LogP contribution in [0.4, 0.5) is 10.5 Å². The molecule has 134 valence electrons. The fourth-order valence-electron chi connectivity index (χ4n) is 2.69. The Labute approximate surface area is 163 Å². The maximum atomic E-state index is 12.6. The van der Waals surface area contributed by atoms with Crippen LogP contribution in [0.3, 0.4) is 0 Å². The molecule has 9 heteroatoms. The van der Waals surface area contributed by atoms with Crippen molar-refractivity contribution >= 4 is 58.5 Å². The van der Waals surface area contributed by atoms with Gasteiger partial charge in [-0.25, -0.2) is 4.79 Å². The van der Waals surface area contributed by atoms with Crippen molar-refractivity contribution in [3.63, 3.8) is 0 Å². The molecule has 0 bridgehead atoms. The molecule has 0 spiro atoms. The standard InChI is InChI=1S/C18H10Cl2N4O3/c19-10-6-5-9(12(20)8-10)7-14-17(26)24(18(27)22-14)23-15-11-3-1-2-4-13(11)21-16(15)25/h1-8H,(H,22,27)(H,21,23,25). The SMILES string of the molecule is O=C1Nc2ccccc2/C1=N/N1C(=O)NC(=Cc2ccc(Cl)cc2Cl)C1=O. The molecule has 1 fully saturated rings. The smallest absolute Gasteiger partial charge is 0.320 e. The van der Waals surface area contributed by atoms with Crippen LogP contribution in [0, 0.1) is 0 Å². The summed E-state index contributed by atoms with van der Waals surface area (Å²) in [4.78, 5) is 36.9. The topological polar surface area (TPSA) is 90.9 Å². The Hall–Kier alpha value is -3.16. The Balaban J connectivity index is 1.68. The molecule has 0 unspecified atom stereocenters. The van der Waals surface area contributed by atoms with Crippen molar-refractivity contribution < 1.29 is 14.4 Å². The average molecular weight is 401 g/mol. The zero-order valence-corrected chi connectivity index (χ0v) is 15.0. The maximum Gasteiger partial charge on any atom is 0.350 e. The fraction of sp³-hybridized carbons (Fsp3) is 0. The normalized spacial score (nSPS) is 18.9. The molecule has 7 nitrogen and oxygen atoms in total. The van der Waals surface area contributed by atoms with Gasteiger partial charge in [-0.2, -0.15) is 5.10 Å². The molecule has 2 aromatic rings. The van der Waals surface area contributed by atoms with Gasteiger partial charge in [-0.1, -0.05) is 47.5 Å². The third-order valence-corrected chi connectivity index (χ3v) is 4.53. The van der Waals surface area contributed by atoms with Gasteiger partial charge in [0.1, 0.15) is 5.70 Å². The molecule has 0 aliphatic carbocycles. The number of anilines is 1. The highest BCUT2D eigenvalue weighted by Gasteiger charge is 2.36. The first-order valence-corrected chi connectivity index (χ1v) is 8.51. The number of nitrogens with one attached hydrogen (secondary N) is 2. The number of hydrogen-bond donors (Lipinski definition) is 2. The summed E-state index contributed by atoms with van der Waals surface area (Å²) >= 11 is 11.9. The molecule has 2 aliphatic rings. The van der Waals surface area contributed by atoms with E-state index in [0.29, 0.717) is 31.9 Å². The molecule has 4 amide bonds. The first-order valence-electron chi connectivity index (χ1n) is 7.75. The third kappa shape index (κ3) is 3.07. The second-order valence-corrected chi connectivity index (χ2v) is 6.56. The predicted octanol–water partition coefficient (Wildman–Crippen LogP) is 3.24. The number of hydrazone groups is 1. The van der Waals surface area contributed by atoms with Crippen molar-refractivity contribution in [2.45, 2.75) is 0 Å². The lowest BCUT2D eigenvalue weighted by Crippen LogP contribution is -2.29. The largest absolute Gasteiger partial charge is 0.350 e. The Morgan fingerprint density at radius 1 is 1.00 bits per heavy atom. The zero-order chi connectivity index (χ0) is 19.1. The van der Waals surface area contributed by atoms with E-state index in [-0.39, 0.29) is 11.4 Å². The Morgan fingerprint density at radius 2 is 1.78 bits per heavy atom. The Kier molecular flexibility index (Phi) is 4.18. The van der Waals surface area contributed by atoms with E-state index >= 15 is 0 Å². The lowest BCUT2D eigenvalue weighted by atomic mass is 10.1. The van der Waals surface area contributed by atoms with Crippen molar-refractivity contribution in [3.8, 4) is 0 Å². The minimum Gasteiger partial charge on any atom is -0.320 e. The number of urea groups is 1. The van der Waals surface area contributed by atoms with Crippen LogP contribution in [0.5, 0.6) is 0 Å². The van der Waals surface area contributed by atoms with Crippen molar-refractivity contribution in [2.24, 2.45) is 5.10 Å². The first-order chi connectivity index (χ1) is 12.9. The molecule has 27 heavy (non-hydrogen) atoms. The summed E-state index contributed by atoms with van der Waals surface area (Å²) in [5.74, 6) is -1.19. The summed E-state index contributed by atoms with van der Waals surface area (Å²) in [6.45, 7) is 0. The van der Waals surface area contributed by atoms with E-state index in [1.807, 2.05) is 0 Å². The van der Waals surface area contributed by atoms with Gasteiger partial charge >= 0.3 is 6.03 Å². The fourth-order valence-corrected chi connectivity index (χ4v) is 3.16. The van der Waals surface area contributed by atoms with Crippen LogP contribution >= 0.6 is 23.2 Å². The minimum atomic E-state index is -0.763. The molecule has 1 saturated heterocycles. The van der Waals surface area contributed by atoms with Gasteiger partial charge in [-0.15, -0.1) is 5.01 Å². The van der Waals surface area contributed by atoms with Gasteiger partial charge in [0, 0.05) is 15.6 Å². The van der Waals surface area contributed by atoms with Gasteiger partial charge in [-0.05, 0) is 29.8 Å². The number of halogens is 2. The molecule has 0 saturated carbocycles. The Bertz CT molecular complexity index is 1080. The van der Waals surface area contributed by atoms with Gasteiger partial charge in [0.2, 0.25) is 0 Å². The number of rotatable bonds is 2. The second-order valence-electron chi connectivity index (χ2n) is 5.72. The molecule has 4 rings (SSSR count). The number of carbonyl (C=O) groups excluding carboxylic acids is 3. The monoisotopic (exact) mass is 400 g/mol. The van der Waals surface area contributed by atoms with Crippen LogP contribution in [0.1, 0.15) is 11.1 Å². The molecule has 0 radical (unpaired) electrons. The summed E-state index contributed by atoms with van der Waals surface area (Å²) in [6, 6.07) is 10.9. The van der Waals surface area contributed by atoms with Gasteiger partial charge in [0.15, 0.2) is 5.71 Å². The molecule has 2 heterocycles. The summed E-state index contributed by atoms with van der Waals surface area (Å²) < 4.78 is 0. The molecule has 2 N–H and O–H groups in total. The summed E-state index contributed by atoms with van der Waals surface area (Å²) in [5, 5.41) is 10.4. The lowest BCUT2D eigenvalue weighted by Gasteiger charge is -2.05. The average Bonchev–Trinajstić information content (AvgIpc) is 3.08. The number of hydrogen-bond acceptors (Lipinski definition) is 4. The van der Waals surface area contributed by atoms with Gasteiger partial charge in [0.05, 0.1) is 5.69 Å². The summed E-state index contributed by atoms with van der Waals surface area (Å²) in [7, 11) is 0. The highest BCUT2D eigenvalue weighted by molar-refractivity contribution is 6.54. The van der Waals surface area contributed by atoms with Gasteiger partial charge in [-0.3, -0.25) is 9.59 Å². The maximum absolute atomic E-state index is 12.6. The van der Waals surface area contributed by atoms with Crippen LogP contribution in [-0.2, 0) is 9.59 Å². The van der Waals surface area contributed by atoms with Crippen LogP contribution in [0.15, 0.2) is 53.3 Å². The van der Waals surface area contributed by atoms with Gasteiger partial charge < -0.3 is 10.6 Å². The molecule has 2 aromatic carbocycles. The lowest BCUT2D eigenvalue weighted by molar-refractivity contribution is -0.122. The van der Waals surface area contributed by atoms with Crippen LogP contribution in [0.25, 0.3) is 6.08 Å². The Morgan fingerprint density at radius 3 is 2.56 bits per heavy atom. The number of nitrogens with zero attached hydrogens (tertiary/aromatic N) is 2. The van der Waals surface area contributed by atoms with Crippen LogP contribution in [-0.4, -0.2) is 28.6 Å². The third-order valence-electron chi connectivity index (χ3n) is 3.96. The molecule has 0 aromatic heterocycles. The van der Waals surface area contributed by atoms with E-state index in [1.54, 1.807) is 36.4 Å². The highest BCUT2D eigenvalue weighted by Crippen LogP contribution is 2.26. The van der Waals surface area contributed by atoms with E-state index in [1.165, 1.54) is 12.1 Å². The number of benzene rings is 2. The van der Waals surface area contributed by atoms with Crippen molar-refractivity contribution in [2.75, 3.05) is 5.32 Å². The molecular formula is C18H10Cl2N4O3. The summed E-state index contributed by atoms with van der Waals surface area (Å²) in [6.07, 6.45) is 1.42. The second kappa shape index (κ2) is 6.53.